The number of likely N-dealkylation sites (tertiary alicyclic amines) is 1. The van der Waals surface area contributed by atoms with Crippen molar-refractivity contribution >= 4 is 40.7 Å². The number of ketones is 1. The lowest BCUT2D eigenvalue weighted by Crippen LogP contribution is -2.48. The van der Waals surface area contributed by atoms with Crippen molar-refractivity contribution in [2.24, 2.45) is 11.8 Å². The lowest BCUT2D eigenvalue weighted by atomic mass is 9.87. The number of anilines is 1. The highest BCUT2D eigenvalue weighted by molar-refractivity contribution is 7.12. The van der Waals surface area contributed by atoms with Gasteiger partial charge in [-0.25, -0.2) is 0 Å². The average molecular weight is 407 g/mol. The molecule has 0 aliphatic carbocycles. The molecule has 2 amide bonds. The van der Waals surface area contributed by atoms with Crippen molar-refractivity contribution < 1.29 is 14.4 Å². The maximum Gasteiger partial charge on any atom is 0.235 e. The molecule has 6 heteroatoms. The maximum atomic E-state index is 13.6. The molecular weight excluding hydrogens is 384 g/mol. The van der Waals surface area contributed by atoms with Crippen LogP contribution >= 0.6 is 11.3 Å². The van der Waals surface area contributed by atoms with Crippen LogP contribution in [-0.4, -0.2) is 41.1 Å². The molecule has 2 aromatic rings. The zero-order chi connectivity index (χ0) is 20.1. The Morgan fingerprint density at radius 3 is 2.62 bits per heavy atom. The first-order valence-corrected chi connectivity index (χ1v) is 11.0. The molecular formula is C23H22N2O3S. The topological polar surface area (TPSA) is 57.7 Å². The molecule has 2 saturated heterocycles. The molecule has 0 unspecified atom stereocenters. The third-order valence-electron chi connectivity index (χ3n) is 6.27. The normalized spacial score (nSPS) is 27.2. The number of imide groups is 1. The van der Waals surface area contributed by atoms with E-state index in [2.05, 4.69) is 0 Å². The Labute approximate surface area is 173 Å². The minimum atomic E-state index is -0.655. The molecule has 148 valence electrons. The standard InChI is InChI=1S/C23H22N2O3S/c1-2-3-12-24-22(27)18-16-11-10-14-7-4-5-8-15(14)25(16)20(19(18)23(24)28)21(26)17-9-6-13-29-17/h4-11,13,16,18-20H,2-3,12H2,1H3/t16-,18+,19-,20+/m1/s1. The number of thiophene rings is 1. The second-order valence-electron chi connectivity index (χ2n) is 7.84. The number of carbonyl (C=O) groups excluding carboxylic acids is 3. The predicted molar refractivity (Wildman–Crippen MR) is 113 cm³/mol. The third-order valence-corrected chi connectivity index (χ3v) is 7.16. The SMILES string of the molecule is CCCCN1C(=O)[C@@H]2[C@@H](C1=O)[C@@H](C(=O)c1cccs1)N1c3ccccc3C=C[C@H]21. The summed E-state index contributed by atoms with van der Waals surface area (Å²) in [7, 11) is 0. The van der Waals surface area contributed by atoms with E-state index in [0.29, 0.717) is 11.4 Å². The Hall–Kier alpha value is -2.73. The highest BCUT2D eigenvalue weighted by Gasteiger charge is 2.63. The van der Waals surface area contributed by atoms with Gasteiger partial charge in [0.2, 0.25) is 11.8 Å². The fourth-order valence-electron chi connectivity index (χ4n) is 4.98. The lowest BCUT2D eigenvalue weighted by Gasteiger charge is -2.36. The molecule has 0 N–H and O–H groups in total. The van der Waals surface area contributed by atoms with Crippen LogP contribution in [0.25, 0.3) is 6.08 Å². The predicted octanol–water partition coefficient (Wildman–Crippen LogP) is 3.62. The van der Waals surface area contributed by atoms with E-state index >= 15 is 0 Å². The van der Waals surface area contributed by atoms with Crippen molar-refractivity contribution in [1.82, 2.24) is 4.90 Å². The highest BCUT2D eigenvalue weighted by Crippen LogP contribution is 2.49. The highest BCUT2D eigenvalue weighted by atomic mass is 32.1. The van der Waals surface area contributed by atoms with E-state index in [4.69, 9.17) is 0 Å². The van der Waals surface area contributed by atoms with E-state index in [1.165, 1.54) is 16.2 Å². The number of rotatable bonds is 5. The van der Waals surface area contributed by atoms with Crippen LogP contribution < -0.4 is 4.90 Å². The van der Waals surface area contributed by atoms with Gasteiger partial charge in [-0.1, -0.05) is 49.8 Å². The van der Waals surface area contributed by atoms with Crippen molar-refractivity contribution in [3.05, 3.63) is 58.3 Å². The van der Waals surface area contributed by atoms with E-state index in [0.717, 1.165) is 24.1 Å². The Kier molecular flexibility index (Phi) is 4.39. The molecule has 3 aliphatic heterocycles. The van der Waals surface area contributed by atoms with Gasteiger partial charge in [0.15, 0.2) is 5.78 Å². The Balaban J connectivity index is 1.62. The summed E-state index contributed by atoms with van der Waals surface area (Å²) in [4.78, 5) is 44.2. The van der Waals surface area contributed by atoms with Gasteiger partial charge in [0.05, 0.1) is 22.8 Å². The number of hydrogen-bond acceptors (Lipinski definition) is 5. The van der Waals surface area contributed by atoms with Crippen LogP contribution in [0.1, 0.15) is 35.0 Å². The number of unbranched alkanes of at least 4 members (excludes halogenated alkanes) is 1. The van der Waals surface area contributed by atoms with E-state index in [1.807, 2.05) is 59.7 Å². The molecule has 0 spiro atoms. The molecule has 2 fully saturated rings. The van der Waals surface area contributed by atoms with Gasteiger partial charge < -0.3 is 4.90 Å². The molecule has 0 bridgehead atoms. The zero-order valence-corrected chi connectivity index (χ0v) is 17.0. The van der Waals surface area contributed by atoms with Crippen molar-refractivity contribution in [3.63, 3.8) is 0 Å². The Morgan fingerprint density at radius 1 is 1.07 bits per heavy atom. The van der Waals surface area contributed by atoms with E-state index in [9.17, 15) is 14.4 Å². The summed E-state index contributed by atoms with van der Waals surface area (Å²) in [5.41, 5.74) is 1.93. The fraction of sp³-hybridized carbons (Fsp3) is 0.348. The lowest BCUT2D eigenvalue weighted by molar-refractivity contribution is -0.140. The van der Waals surface area contributed by atoms with Crippen LogP contribution in [0.5, 0.6) is 0 Å². The summed E-state index contributed by atoms with van der Waals surface area (Å²) in [5.74, 6) is -1.52. The summed E-state index contributed by atoms with van der Waals surface area (Å²) < 4.78 is 0. The average Bonchev–Trinajstić information content (AvgIpc) is 3.44. The molecule has 5 rings (SSSR count). The number of hydrogen-bond donors (Lipinski definition) is 0. The number of para-hydroxylation sites is 1. The number of benzene rings is 1. The summed E-state index contributed by atoms with van der Waals surface area (Å²) in [6.07, 6.45) is 5.70. The number of carbonyl (C=O) groups is 3. The molecule has 0 saturated carbocycles. The summed E-state index contributed by atoms with van der Waals surface area (Å²) in [6, 6.07) is 10.6. The minimum Gasteiger partial charge on any atom is -0.352 e. The number of Topliss-reactive ketones (excluding diaryl/α,β-unsaturated/α-hetero) is 1. The first-order chi connectivity index (χ1) is 14.1. The number of amides is 2. The Morgan fingerprint density at radius 2 is 1.86 bits per heavy atom. The first kappa shape index (κ1) is 18.3. The van der Waals surface area contributed by atoms with Crippen molar-refractivity contribution in [2.75, 3.05) is 11.4 Å². The molecule has 3 aliphatic rings. The van der Waals surface area contributed by atoms with E-state index < -0.39 is 17.9 Å². The van der Waals surface area contributed by atoms with Crippen molar-refractivity contribution in [2.45, 2.75) is 31.8 Å². The molecule has 29 heavy (non-hydrogen) atoms. The molecule has 1 aromatic heterocycles. The maximum absolute atomic E-state index is 13.6. The van der Waals surface area contributed by atoms with Gasteiger partial charge >= 0.3 is 0 Å². The minimum absolute atomic E-state index is 0.0684. The van der Waals surface area contributed by atoms with E-state index in [1.54, 1.807) is 6.07 Å². The van der Waals surface area contributed by atoms with Gasteiger partial charge in [0.1, 0.15) is 6.04 Å². The summed E-state index contributed by atoms with van der Waals surface area (Å²) >= 11 is 1.39. The monoisotopic (exact) mass is 406 g/mol. The second kappa shape index (κ2) is 6.95. The zero-order valence-electron chi connectivity index (χ0n) is 16.2. The fourth-order valence-corrected chi connectivity index (χ4v) is 5.67. The van der Waals surface area contributed by atoms with Gasteiger partial charge in [0, 0.05) is 12.2 Å². The van der Waals surface area contributed by atoms with Crippen molar-refractivity contribution in [3.8, 4) is 0 Å². The summed E-state index contributed by atoms with van der Waals surface area (Å²) in [6.45, 7) is 2.48. The van der Waals surface area contributed by atoms with Crippen LogP contribution in [0.15, 0.2) is 47.9 Å². The van der Waals surface area contributed by atoms with Crippen LogP contribution in [0, 0.1) is 11.8 Å². The number of nitrogens with zero attached hydrogens (tertiary/aromatic N) is 2. The van der Waals surface area contributed by atoms with Crippen molar-refractivity contribution in [1.29, 1.82) is 0 Å². The molecule has 0 radical (unpaired) electrons. The van der Waals surface area contributed by atoms with Gasteiger partial charge in [0.25, 0.3) is 0 Å². The smallest absolute Gasteiger partial charge is 0.235 e. The van der Waals surface area contributed by atoms with Gasteiger partial charge in [-0.15, -0.1) is 11.3 Å². The first-order valence-electron chi connectivity index (χ1n) is 10.1. The molecule has 4 atom stereocenters. The van der Waals surface area contributed by atoms with Crippen LogP contribution in [0.2, 0.25) is 0 Å². The van der Waals surface area contributed by atoms with E-state index in [-0.39, 0.29) is 23.6 Å². The van der Waals surface area contributed by atoms with Crippen LogP contribution in [0.4, 0.5) is 5.69 Å². The second-order valence-corrected chi connectivity index (χ2v) is 8.78. The van der Waals surface area contributed by atoms with Crippen LogP contribution in [0.3, 0.4) is 0 Å². The van der Waals surface area contributed by atoms with Gasteiger partial charge in [-0.05, 0) is 29.5 Å². The third kappa shape index (κ3) is 2.62. The molecule has 5 nitrogen and oxygen atoms in total. The Bertz CT molecular complexity index is 1010. The van der Waals surface area contributed by atoms with Crippen LogP contribution in [-0.2, 0) is 9.59 Å². The largest absolute Gasteiger partial charge is 0.352 e. The quantitative estimate of drug-likeness (QED) is 0.562. The molecule has 4 heterocycles. The van der Waals surface area contributed by atoms with Gasteiger partial charge in [-0.2, -0.15) is 0 Å². The summed E-state index contributed by atoms with van der Waals surface area (Å²) in [5, 5.41) is 1.87. The number of fused-ring (bicyclic) bond motifs is 5. The molecule has 1 aromatic carbocycles. The van der Waals surface area contributed by atoms with Gasteiger partial charge in [-0.3, -0.25) is 19.3 Å².